The van der Waals surface area contributed by atoms with Gasteiger partial charge < -0.3 is 10.6 Å². The number of carbonyl (C=O) groups excluding carboxylic acids is 2. The summed E-state index contributed by atoms with van der Waals surface area (Å²) in [5, 5.41) is 10.0. The number of anilines is 1. The maximum atomic E-state index is 12.4. The molecule has 28 heavy (non-hydrogen) atoms. The van der Waals surface area contributed by atoms with Crippen molar-refractivity contribution in [3.63, 3.8) is 0 Å². The molecule has 7 heteroatoms. The van der Waals surface area contributed by atoms with Gasteiger partial charge in [-0.3, -0.25) is 14.4 Å². The highest BCUT2D eigenvalue weighted by molar-refractivity contribution is 5.96. The van der Waals surface area contributed by atoms with E-state index in [1.165, 1.54) is 5.56 Å². The highest BCUT2D eigenvalue weighted by atomic mass is 16.2. The monoisotopic (exact) mass is 375 g/mol. The smallest absolute Gasteiger partial charge is 0.321 e. The number of hydrogen-bond donors (Lipinski definition) is 2. The highest BCUT2D eigenvalue weighted by Crippen LogP contribution is 2.17. The van der Waals surface area contributed by atoms with Gasteiger partial charge in [0, 0.05) is 42.6 Å². The van der Waals surface area contributed by atoms with Gasteiger partial charge in [0.1, 0.15) is 0 Å². The molecule has 7 nitrogen and oxygen atoms in total. The molecule has 1 aromatic heterocycles. The molecule has 142 valence electrons. The van der Waals surface area contributed by atoms with Crippen molar-refractivity contribution in [1.29, 1.82) is 0 Å². The van der Waals surface area contributed by atoms with Crippen molar-refractivity contribution in [1.82, 2.24) is 20.4 Å². The van der Waals surface area contributed by atoms with E-state index < -0.39 is 0 Å². The molecule has 2 N–H and O–H groups in total. The Labute approximate surface area is 163 Å². The molecule has 3 amide bonds. The second kappa shape index (κ2) is 7.96. The molecule has 0 atom stereocenters. The van der Waals surface area contributed by atoms with E-state index in [-0.39, 0.29) is 11.9 Å². The summed E-state index contributed by atoms with van der Waals surface area (Å²) < 4.78 is 1.85. The standard InChI is InChI=1S/C21H21N5O2/c27-20(18-6-8-19(9-7-18)26-11-10-22-21(26)28)23-12-17-13-24-25(15-17)14-16-4-2-1-3-5-16/h1-9,13,15H,10-12,14H2,(H,22,28)(H,23,27). The van der Waals surface area contributed by atoms with Gasteiger partial charge in [0.2, 0.25) is 0 Å². The van der Waals surface area contributed by atoms with Crippen molar-refractivity contribution in [2.75, 3.05) is 18.0 Å². The minimum atomic E-state index is -0.159. The van der Waals surface area contributed by atoms with Gasteiger partial charge in [0.15, 0.2) is 0 Å². The van der Waals surface area contributed by atoms with Gasteiger partial charge in [-0.15, -0.1) is 0 Å². The van der Waals surface area contributed by atoms with E-state index in [1.54, 1.807) is 35.4 Å². The number of amides is 3. The zero-order valence-corrected chi connectivity index (χ0v) is 15.3. The van der Waals surface area contributed by atoms with Crippen LogP contribution in [0.5, 0.6) is 0 Å². The number of rotatable bonds is 6. The molecule has 1 fully saturated rings. The van der Waals surface area contributed by atoms with Gasteiger partial charge in [-0.05, 0) is 29.8 Å². The van der Waals surface area contributed by atoms with Crippen molar-refractivity contribution >= 4 is 17.6 Å². The molecule has 1 aliphatic heterocycles. The Morgan fingerprint density at radius 1 is 1.07 bits per heavy atom. The Hall–Kier alpha value is -3.61. The maximum absolute atomic E-state index is 12.4. The Kier molecular flexibility index (Phi) is 5.05. The van der Waals surface area contributed by atoms with E-state index >= 15 is 0 Å². The maximum Gasteiger partial charge on any atom is 0.321 e. The lowest BCUT2D eigenvalue weighted by atomic mass is 10.2. The lowest BCUT2D eigenvalue weighted by molar-refractivity contribution is 0.0951. The van der Waals surface area contributed by atoms with Gasteiger partial charge >= 0.3 is 6.03 Å². The molecule has 0 bridgehead atoms. The molecule has 2 heterocycles. The Bertz CT molecular complexity index is 966. The molecule has 4 rings (SSSR count). The molecule has 0 spiro atoms. The van der Waals surface area contributed by atoms with E-state index in [4.69, 9.17) is 0 Å². The van der Waals surface area contributed by atoms with Gasteiger partial charge in [0.25, 0.3) is 5.91 Å². The predicted molar refractivity (Wildman–Crippen MR) is 106 cm³/mol. The number of nitrogens with zero attached hydrogens (tertiary/aromatic N) is 3. The minimum Gasteiger partial charge on any atom is -0.348 e. The highest BCUT2D eigenvalue weighted by Gasteiger charge is 2.21. The van der Waals surface area contributed by atoms with E-state index in [9.17, 15) is 9.59 Å². The summed E-state index contributed by atoms with van der Waals surface area (Å²) in [5.41, 5.74) is 3.45. The zero-order valence-electron chi connectivity index (χ0n) is 15.3. The fraction of sp³-hybridized carbons (Fsp3) is 0.190. The lowest BCUT2D eigenvalue weighted by Crippen LogP contribution is -2.27. The summed E-state index contributed by atoms with van der Waals surface area (Å²) in [5.74, 6) is -0.159. The molecule has 3 aromatic rings. The van der Waals surface area contributed by atoms with Gasteiger partial charge in [-0.25, -0.2) is 4.79 Å². The van der Waals surface area contributed by atoms with E-state index in [1.807, 2.05) is 29.1 Å². The number of aromatic nitrogens is 2. The van der Waals surface area contributed by atoms with Crippen LogP contribution in [0.3, 0.4) is 0 Å². The summed E-state index contributed by atoms with van der Waals surface area (Å²) in [7, 11) is 0. The van der Waals surface area contributed by atoms with Crippen molar-refractivity contribution in [2.45, 2.75) is 13.1 Å². The summed E-state index contributed by atoms with van der Waals surface area (Å²) in [6.45, 7) is 2.38. The first-order valence-electron chi connectivity index (χ1n) is 9.18. The quantitative estimate of drug-likeness (QED) is 0.694. The van der Waals surface area contributed by atoms with Crippen LogP contribution in [-0.2, 0) is 13.1 Å². The minimum absolute atomic E-state index is 0.107. The third kappa shape index (κ3) is 4.03. The fourth-order valence-corrected chi connectivity index (χ4v) is 3.15. The Morgan fingerprint density at radius 2 is 1.86 bits per heavy atom. The number of urea groups is 1. The third-order valence-corrected chi connectivity index (χ3v) is 4.63. The topological polar surface area (TPSA) is 79.3 Å². The zero-order chi connectivity index (χ0) is 19.3. The van der Waals surface area contributed by atoms with Crippen molar-refractivity contribution < 1.29 is 9.59 Å². The SMILES string of the molecule is O=C(NCc1cnn(Cc2ccccc2)c1)c1ccc(N2CCNC2=O)cc1. The van der Waals surface area contributed by atoms with Crippen LogP contribution in [0, 0.1) is 0 Å². The second-order valence-corrected chi connectivity index (χ2v) is 6.64. The van der Waals surface area contributed by atoms with E-state index in [0.717, 1.165) is 11.3 Å². The van der Waals surface area contributed by atoms with Crippen molar-refractivity contribution in [3.05, 3.63) is 83.7 Å². The number of nitrogens with one attached hydrogen (secondary N) is 2. The molecule has 0 radical (unpaired) electrons. The first-order valence-corrected chi connectivity index (χ1v) is 9.18. The average molecular weight is 375 g/mol. The van der Waals surface area contributed by atoms with Crippen LogP contribution in [0.4, 0.5) is 10.5 Å². The second-order valence-electron chi connectivity index (χ2n) is 6.64. The first kappa shape index (κ1) is 17.8. The molecule has 0 saturated carbocycles. The fourth-order valence-electron chi connectivity index (χ4n) is 3.15. The predicted octanol–water partition coefficient (Wildman–Crippen LogP) is 2.39. The lowest BCUT2D eigenvalue weighted by Gasteiger charge is -2.14. The van der Waals surface area contributed by atoms with Gasteiger partial charge in [-0.1, -0.05) is 30.3 Å². The van der Waals surface area contributed by atoms with E-state index in [2.05, 4.69) is 27.9 Å². The molecule has 1 aliphatic rings. The summed E-state index contributed by atoms with van der Waals surface area (Å²) in [6, 6.07) is 17.0. The molecule has 1 saturated heterocycles. The van der Waals surface area contributed by atoms with Gasteiger partial charge in [-0.2, -0.15) is 5.10 Å². The largest absolute Gasteiger partial charge is 0.348 e. The van der Waals surface area contributed by atoms with E-state index in [0.29, 0.717) is 31.7 Å². The summed E-state index contributed by atoms with van der Waals surface area (Å²) >= 11 is 0. The molecular formula is C21H21N5O2. The number of hydrogen-bond acceptors (Lipinski definition) is 3. The normalized spacial score (nSPS) is 13.4. The molecule has 0 unspecified atom stereocenters. The molecule has 2 aromatic carbocycles. The summed E-state index contributed by atoms with van der Waals surface area (Å²) in [4.78, 5) is 25.7. The van der Waals surface area contributed by atoms with Crippen molar-refractivity contribution in [2.24, 2.45) is 0 Å². The van der Waals surface area contributed by atoms with Crippen LogP contribution < -0.4 is 15.5 Å². The van der Waals surface area contributed by atoms with Crippen LogP contribution >= 0.6 is 0 Å². The molecule has 0 aliphatic carbocycles. The Morgan fingerprint density at radius 3 is 2.57 bits per heavy atom. The Balaban J connectivity index is 1.32. The third-order valence-electron chi connectivity index (χ3n) is 4.63. The van der Waals surface area contributed by atoms with Gasteiger partial charge in [0.05, 0.1) is 12.7 Å². The van der Waals surface area contributed by atoms with Crippen LogP contribution in [0.2, 0.25) is 0 Å². The van der Waals surface area contributed by atoms with Crippen LogP contribution in [0.15, 0.2) is 67.0 Å². The number of benzene rings is 2. The average Bonchev–Trinajstić information content (AvgIpc) is 3.36. The summed E-state index contributed by atoms with van der Waals surface area (Å²) in [6.07, 6.45) is 3.70. The number of carbonyl (C=O) groups is 2. The van der Waals surface area contributed by atoms with Crippen LogP contribution in [-0.4, -0.2) is 34.8 Å². The first-order chi connectivity index (χ1) is 13.7. The van der Waals surface area contributed by atoms with Crippen LogP contribution in [0.25, 0.3) is 0 Å². The van der Waals surface area contributed by atoms with Crippen molar-refractivity contribution in [3.8, 4) is 0 Å². The molecular weight excluding hydrogens is 354 g/mol. The van der Waals surface area contributed by atoms with Crippen LogP contribution in [0.1, 0.15) is 21.5 Å².